The summed E-state index contributed by atoms with van der Waals surface area (Å²) in [6.45, 7) is 2.07. The molecule has 2 atom stereocenters. The molecule has 6 heteroatoms. The van der Waals surface area contributed by atoms with Crippen LogP contribution in [0, 0.1) is 0 Å². The number of para-hydroxylation sites is 1. The van der Waals surface area contributed by atoms with Gasteiger partial charge in [-0.25, -0.2) is 4.79 Å². The van der Waals surface area contributed by atoms with Crippen molar-refractivity contribution in [1.29, 1.82) is 0 Å². The highest BCUT2D eigenvalue weighted by atomic mass is 16.5. The van der Waals surface area contributed by atoms with E-state index in [2.05, 4.69) is 5.32 Å². The Kier molecular flexibility index (Phi) is 5.07. The predicted molar refractivity (Wildman–Crippen MR) is 102 cm³/mol. The van der Waals surface area contributed by atoms with E-state index in [0.717, 1.165) is 11.3 Å². The maximum absolute atomic E-state index is 12.7. The number of urea groups is 1. The molecule has 1 N–H and O–H groups in total. The number of rotatable bonds is 3. The Balaban J connectivity index is 1.36. The van der Waals surface area contributed by atoms with Gasteiger partial charge in [-0.1, -0.05) is 48.5 Å². The molecular weight excluding hydrogens is 342 g/mol. The van der Waals surface area contributed by atoms with Gasteiger partial charge in [0.25, 0.3) is 0 Å². The summed E-state index contributed by atoms with van der Waals surface area (Å²) in [4.78, 5) is 28.5. The second-order valence-corrected chi connectivity index (χ2v) is 6.91. The quantitative estimate of drug-likeness (QED) is 0.909. The number of carbonyl (C=O) groups excluding carboxylic acids is 2. The van der Waals surface area contributed by atoms with Crippen molar-refractivity contribution in [2.75, 3.05) is 31.1 Å². The Morgan fingerprint density at radius 2 is 1.70 bits per heavy atom. The lowest BCUT2D eigenvalue weighted by atomic mass is 10.1. The highest BCUT2D eigenvalue weighted by molar-refractivity contribution is 5.96. The van der Waals surface area contributed by atoms with E-state index in [0.29, 0.717) is 32.7 Å². The summed E-state index contributed by atoms with van der Waals surface area (Å²) in [5, 5.41) is 3.02. The Morgan fingerprint density at radius 3 is 2.44 bits per heavy atom. The summed E-state index contributed by atoms with van der Waals surface area (Å²) in [7, 11) is 0. The fourth-order valence-corrected chi connectivity index (χ4v) is 3.63. The lowest BCUT2D eigenvalue weighted by Crippen LogP contribution is -2.50. The Hall–Kier alpha value is -2.86. The van der Waals surface area contributed by atoms with Crippen LogP contribution in [0.15, 0.2) is 60.7 Å². The molecule has 27 heavy (non-hydrogen) atoms. The maximum Gasteiger partial charge on any atom is 0.317 e. The van der Waals surface area contributed by atoms with Gasteiger partial charge < -0.3 is 19.9 Å². The van der Waals surface area contributed by atoms with Crippen LogP contribution < -0.4 is 10.2 Å². The standard InChI is InChI=1S/C21H23N3O3/c25-20-13-17(14-24(20)18-9-5-2-6-10-18)22-21(26)23-11-12-27-19(15-23)16-7-3-1-4-8-16/h1-10,17,19H,11-15H2,(H,22,26)/t17-,19-/m0/s1. The van der Waals surface area contributed by atoms with Gasteiger partial charge in [0, 0.05) is 25.2 Å². The van der Waals surface area contributed by atoms with Gasteiger partial charge in [0.2, 0.25) is 5.91 Å². The third-order valence-corrected chi connectivity index (χ3v) is 5.05. The summed E-state index contributed by atoms with van der Waals surface area (Å²) >= 11 is 0. The van der Waals surface area contributed by atoms with Crippen LogP contribution in [0.5, 0.6) is 0 Å². The first kappa shape index (κ1) is 17.5. The van der Waals surface area contributed by atoms with E-state index in [4.69, 9.17) is 4.74 Å². The SMILES string of the molecule is O=C(N[C@H]1CC(=O)N(c2ccccc2)C1)N1CCO[C@H](c2ccccc2)C1. The molecule has 2 aromatic rings. The number of nitrogens with one attached hydrogen (secondary N) is 1. The molecule has 2 fully saturated rings. The molecule has 0 radical (unpaired) electrons. The Morgan fingerprint density at radius 1 is 1.00 bits per heavy atom. The smallest absolute Gasteiger partial charge is 0.317 e. The summed E-state index contributed by atoms with van der Waals surface area (Å²) in [6, 6.07) is 19.2. The highest BCUT2D eigenvalue weighted by Crippen LogP contribution is 2.23. The molecule has 0 saturated carbocycles. The van der Waals surface area contributed by atoms with E-state index < -0.39 is 0 Å². The number of carbonyl (C=O) groups is 2. The molecule has 2 aromatic carbocycles. The van der Waals surface area contributed by atoms with Gasteiger partial charge in [0.15, 0.2) is 0 Å². The molecule has 0 aromatic heterocycles. The minimum atomic E-state index is -0.178. The number of anilines is 1. The third kappa shape index (κ3) is 3.95. The average molecular weight is 365 g/mol. The molecule has 4 rings (SSSR count). The molecular formula is C21H23N3O3. The summed E-state index contributed by atoms with van der Waals surface area (Å²) < 4.78 is 5.82. The van der Waals surface area contributed by atoms with Crippen LogP contribution in [-0.2, 0) is 9.53 Å². The van der Waals surface area contributed by atoms with Crippen molar-refractivity contribution < 1.29 is 14.3 Å². The maximum atomic E-state index is 12.7. The van der Waals surface area contributed by atoms with Crippen LogP contribution >= 0.6 is 0 Å². The zero-order valence-corrected chi connectivity index (χ0v) is 15.1. The summed E-state index contributed by atoms with van der Waals surface area (Å²) in [6.07, 6.45) is 0.212. The number of hydrogen-bond acceptors (Lipinski definition) is 3. The molecule has 0 spiro atoms. The molecule has 3 amide bonds. The van der Waals surface area contributed by atoms with E-state index in [9.17, 15) is 9.59 Å². The van der Waals surface area contributed by atoms with Crippen LogP contribution in [0.4, 0.5) is 10.5 Å². The van der Waals surface area contributed by atoms with Gasteiger partial charge in [-0.3, -0.25) is 4.79 Å². The van der Waals surface area contributed by atoms with Crippen molar-refractivity contribution in [3.8, 4) is 0 Å². The lowest BCUT2D eigenvalue weighted by Gasteiger charge is -2.33. The van der Waals surface area contributed by atoms with Crippen molar-refractivity contribution in [2.45, 2.75) is 18.6 Å². The van der Waals surface area contributed by atoms with E-state index in [1.807, 2.05) is 60.7 Å². The predicted octanol–water partition coefficient (Wildman–Crippen LogP) is 2.58. The van der Waals surface area contributed by atoms with Gasteiger partial charge >= 0.3 is 6.03 Å². The van der Waals surface area contributed by atoms with Gasteiger partial charge in [-0.2, -0.15) is 0 Å². The van der Waals surface area contributed by atoms with Crippen molar-refractivity contribution in [3.05, 3.63) is 66.2 Å². The fraction of sp³-hybridized carbons (Fsp3) is 0.333. The minimum Gasteiger partial charge on any atom is -0.370 e. The molecule has 6 nitrogen and oxygen atoms in total. The first-order valence-corrected chi connectivity index (χ1v) is 9.28. The van der Waals surface area contributed by atoms with Gasteiger partial charge in [0.05, 0.1) is 19.2 Å². The third-order valence-electron chi connectivity index (χ3n) is 5.05. The van der Waals surface area contributed by atoms with Crippen LogP contribution in [0.3, 0.4) is 0 Å². The molecule has 0 aliphatic carbocycles. The average Bonchev–Trinajstić information content (AvgIpc) is 3.09. The van der Waals surface area contributed by atoms with Crippen molar-refractivity contribution in [1.82, 2.24) is 10.2 Å². The van der Waals surface area contributed by atoms with Gasteiger partial charge in [-0.05, 0) is 17.7 Å². The number of ether oxygens (including phenoxy) is 1. The van der Waals surface area contributed by atoms with Gasteiger partial charge in [0.1, 0.15) is 6.10 Å². The largest absolute Gasteiger partial charge is 0.370 e. The molecule has 2 saturated heterocycles. The molecule has 2 aliphatic heterocycles. The van der Waals surface area contributed by atoms with Crippen LogP contribution in [-0.4, -0.2) is 49.1 Å². The molecule has 0 bridgehead atoms. The molecule has 0 unspecified atom stereocenters. The minimum absolute atomic E-state index is 0.0376. The highest BCUT2D eigenvalue weighted by Gasteiger charge is 2.33. The van der Waals surface area contributed by atoms with Crippen molar-refractivity contribution >= 4 is 17.6 Å². The lowest BCUT2D eigenvalue weighted by molar-refractivity contribution is -0.117. The number of hydrogen-bond donors (Lipinski definition) is 1. The number of amides is 3. The van der Waals surface area contributed by atoms with E-state index in [1.54, 1.807) is 9.80 Å². The van der Waals surface area contributed by atoms with Crippen molar-refractivity contribution in [2.24, 2.45) is 0 Å². The zero-order valence-electron chi connectivity index (χ0n) is 15.1. The van der Waals surface area contributed by atoms with E-state index >= 15 is 0 Å². The summed E-state index contributed by atoms with van der Waals surface area (Å²) in [5.74, 6) is 0.0376. The number of nitrogens with zero attached hydrogens (tertiary/aromatic N) is 2. The molecule has 2 heterocycles. The van der Waals surface area contributed by atoms with E-state index in [-0.39, 0.29) is 24.1 Å². The van der Waals surface area contributed by atoms with Crippen LogP contribution in [0.25, 0.3) is 0 Å². The Bertz CT molecular complexity index is 797. The first-order valence-electron chi connectivity index (χ1n) is 9.28. The van der Waals surface area contributed by atoms with Crippen molar-refractivity contribution in [3.63, 3.8) is 0 Å². The topological polar surface area (TPSA) is 61.9 Å². The van der Waals surface area contributed by atoms with E-state index in [1.165, 1.54) is 0 Å². The van der Waals surface area contributed by atoms with Crippen LogP contribution in [0.1, 0.15) is 18.1 Å². The fourth-order valence-electron chi connectivity index (χ4n) is 3.63. The number of morpholine rings is 1. The van der Waals surface area contributed by atoms with Gasteiger partial charge in [-0.15, -0.1) is 0 Å². The molecule has 2 aliphatic rings. The Labute approximate surface area is 158 Å². The second kappa shape index (κ2) is 7.80. The second-order valence-electron chi connectivity index (χ2n) is 6.91. The van der Waals surface area contributed by atoms with Crippen LogP contribution in [0.2, 0.25) is 0 Å². The first-order chi connectivity index (χ1) is 13.2. The zero-order chi connectivity index (χ0) is 18.6. The summed E-state index contributed by atoms with van der Waals surface area (Å²) in [5.41, 5.74) is 1.94. The monoisotopic (exact) mass is 365 g/mol. The normalized spacial score (nSPS) is 22.7. The number of benzene rings is 2. The molecule has 140 valence electrons.